The second kappa shape index (κ2) is 7.16. The Hall–Kier alpha value is -2.27. The van der Waals surface area contributed by atoms with Gasteiger partial charge in [-0.25, -0.2) is 0 Å². The standard InChI is InChI=1S/C21H22N2O2S/c1-22-20(24)15-8-6-14(7-9-15)13-23(17-10-11-17)21(25)19-12-16-4-2-3-5-18(16)26-19/h2-9,17,19H,10-13H2,1H3,(H,22,24)/t19-/m1/s1. The van der Waals surface area contributed by atoms with E-state index in [1.54, 1.807) is 18.8 Å². The molecule has 1 heterocycles. The molecule has 5 heteroatoms. The summed E-state index contributed by atoms with van der Waals surface area (Å²) in [7, 11) is 1.63. The zero-order chi connectivity index (χ0) is 18.1. The van der Waals surface area contributed by atoms with Crippen LogP contribution in [0.15, 0.2) is 53.4 Å². The molecule has 1 fully saturated rings. The van der Waals surface area contributed by atoms with Crippen LogP contribution in [-0.2, 0) is 17.8 Å². The average Bonchev–Trinajstić information content (AvgIpc) is 3.43. The third-order valence-corrected chi connectivity index (χ3v) is 6.29. The molecule has 0 bridgehead atoms. The first-order valence-electron chi connectivity index (χ1n) is 9.02. The van der Waals surface area contributed by atoms with Crippen molar-refractivity contribution in [3.8, 4) is 0 Å². The van der Waals surface area contributed by atoms with E-state index in [9.17, 15) is 9.59 Å². The molecule has 0 aromatic heterocycles. The van der Waals surface area contributed by atoms with E-state index < -0.39 is 0 Å². The van der Waals surface area contributed by atoms with Crippen LogP contribution < -0.4 is 5.32 Å². The summed E-state index contributed by atoms with van der Waals surface area (Å²) in [6.07, 6.45) is 3.00. The topological polar surface area (TPSA) is 49.4 Å². The Balaban J connectivity index is 1.47. The van der Waals surface area contributed by atoms with Crippen LogP contribution in [0, 0.1) is 0 Å². The fraction of sp³-hybridized carbons (Fsp3) is 0.333. The van der Waals surface area contributed by atoms with E-state index in [-0.39, 0.29) is 17.1 Å². The number of hydrogen-bond donors (Lipinski definition) is 1. The molecular weight excluding hydrogens is 344 g/mol. The monoisotopic (exact) mass is 366 g/mol. The SMILES string of the molecule is CNC(=O)c1ccc(CN(C(=O)[C@H]2Cc3ccccc3S2)C2CC2)cc1. The van der Waals surface area contributed by atoms with Gasteiger partial charge in [-0.2, -0.15) is 0 Å². The van der Waals surface area contributed by atoms with E-state index >= 15 is 0 Å². The first kappa shape index (κ1) is 17.2. The maximum Gasteiger partial charge on any atom is 0.251 e. The molecule has 1 N–H and O–H groups in total. The van der Waals surface area contributed by atoms with Gasteiger partial charge < -0.3 is 10.2 Å². The highest BCUT2D eigenvalue weighted by Crippen LogP contribution is 2.39. The van der Waals surface area contributed by atoms with Gasteiger partial charge in [0, 0.05) is 30.1 Å². The maximum absolute atomic E-state index is 13.2. The first-order valence-corrected chi connectivity index (χ1v) is 9.90. The lowest BCUT2D eigenvalue weighted by Crippen LogP contribution is -2.38. The summed E-state index contributed by atoms with van der Waals surface area (Å²) >= 11 is 1.69. The van der Waals surface area contributed by atoms with Gasteiger partial charge in [0.2, 0.25) is 5.91 Å². The van der Waals surface area contributed by atoms with E-state index in [4.69, 9.17) is 0 Å². The molecule has 1 atom stereocenters. The number of nitrogens with one attached hydrogen (secondary N) is 1. The number of amides is 2. The Morgan fingerprint density at radius 1 is 1.12 bits per heavy atom. The summed E-state index contributed by atoms with van der Waals surface area (Å²) in [5.41, 5.74) is 2.99. The minimum atomic E-state index is -0.0909. The Kier molecular flexibility index (Phi) is 4.72. The zero-order valence-electron chi connectivity index (χ0n) is 14.8. The highest BCUT2D eigenvalue weighted by atomic mass is 32.2. The third-order valence-electron chi connectivity index (χ3n) is 4.99. The summed E-state index contributed by atoms with van der Waals surface area (Å²) < 4.78 is 0. The molecule has 2 aliphatic rings. The molecule has 134 valence electrons. The van der Waals surface area contributed by atoms with Crippen molar-refractivity contribution in [3.05, 3.63) is 65.2 Å². The lowest BCUT2D eigenvalue weighted by molar-refractivity contribution is -0.131. The lowest BCUT2D eigenvalue weighted by atomic mass is 10.1. The summed E-state index contributed by atoms with van der Waals surface area (Å²) in [6.45, 7) is 0.616. The van der Waals surface area contributed by atoms with Gasteiger partial charge in [-0.1, -0.05) is 30.3 Å². The minimum absolute atomic E-state index is 0.0156. The number of carbonyl (C=O) groups is 2. The highest BCUT2D eigenvalue weighted by Gasteiger charge is 2.38. The summed E-state index contributed by atoms with van der Waals surface area (Å²) in [5.74, 6) is 0.149. The van der Waals surface area contributed by atoms with Gasteiger partial charge in [0.05, 0.1) is 5.25 Å². The third kappa shape index (κ3) is 3.49. The molecule has 0 spiro atoms. The molecule has 2 amide bonds. The molecule has 1 aliphatic carbocycles. The molecule has 26 heavy (non-hydrogen) atoms. The van der Waals surface area contributed by atoms with E-state index in [2.05, 4.69) is 17.4 Å². The van der Waals surface area contributed by atoms with E-state index in [1.807, 2.05) is 41.3 Å². The second-order valence-corrected chi connectivity index (χ2v) is 8.14. The molecule has 2 aromatic carbocycles. The largest absolute Gasteiger partial charge is 0.355 e. The Morgan fingerprint density at radius 3 is 2.50 bits per heavy atom. The zero-order valence-corrected chi connectivity index (χ0v) is 15.6. The molecule has 1 saturated carbocycles. The number of benzene rings is 2. The van der Waals surface area contributed by atoms with Crippen LogP contribution in [0.2, 0.25) is 0 Å². The fourth-order valence-corrected chi connectivity index (χ4v) is 4.65. The number of fused-ring (bicyclic) bond motifs is 1. The Labute approximate surface area is 158 Å². The van der Waals surface area contributed by atoms with Gasteiger partial charge in [-0.15, -0.1) is 11.8 Å². The number of rotatable bonds is 5. The molecule has 4 nitrogen and oxygen atoms in total. The normalized spacial score (nSPS) is 18.3. The first-order chi connectivity index (χ1) is 12.7. The number of nitrogens with zero attached hydrogens (tertiary/aromatic N) is 1. The fourth-order valence-electron chi connectivity index (χ4n) is 3.38. The van der Waals surface area contributed by atoms with E-state index in [1.165, 1.54) is 10.5 Å². The maximum atomic E-state index is 13.2. The van der Waals surface area contributed by atoms with Crippen molar-refractivity contribution in [1.82, 2.24) is 10.2 Å². The number of thioether (sulfide) groups is 1. The molecular formula is C21H22N2O2S. The van der Waals surface area contributed by atoms with E-state index in [0.29, 0.717) is 18.2 Å². The van der Waals surface area contributed by atoms with Crippen LogP contribution >= 0.6 is 11.8 Å². The molecule has 4 rings (SSSR count). The van der Waals surface area contributed by atoms with Gasteiger partial charge in [-0.05, 0) is 48.6 Å². The molecule has 0 radical (unpaired) electrons. The van der Waals surface area contributed by atoms with Crippen molar-refractivity contribution in [2.24, 2.45) is 0 Å². The van der Waals surface area contributed by atoms with Crippen molar-refractivity contribution >= 4 is 23.6 Å². The highest BCUT2D eigenvalue weighted by molar-refractivity contribution is 8.01. The Bertz CT molecular complexity index is 805. The second-order valence-electron chi connectivity index (χ2n) is 6.89. The predicted octanol–water partition coefficient (Wildman–Crippen LogP) is 3.25. The van der Waals surface area contributed by atoms with Crippen molar-refractivity contribution in [2.45, 2.75) is 42.0 Å². The van der Waals surface area contributed by atoms with Crippen molar-refractivity contribution in [2.75, 3.05) is 7.05 Å². The van der Waals surface area contributed by atoms with Crippen molar-refractivity contribution in [1.29, 1.82) is 0 Å². The van der Waals surface area contributed by atoms with Crippen LogP contribution in [-0.4, -0.2) is 35.1 Å². The summed E-state index contributed by atoms with van der Waals surface area (Å²) in [4.78, 5) is 28.1. The number of hydrogen-bond acceptors (Lipinski definition) is 3. The van der Waals surface area contributed by atoms with E-state index in [0.717, 1.165) is 24.8 Å². The summed E-state index contributed by atoms with van der Waals surface area (Å²) in [6, 6.07) is 16.2. The van der Waals surface area contributed by atoms with Gasteiger partial charge in [-0.3, -0.25) is 9.59 Å². The quantitative estimate of drug-likeness (QED) is 0.884. The molecule has 2 aromatic rings. The van der Waals surface area contributed by atoms with Crippen molar-refractivity contribution in [3.63, 3.8) is 0 Å². The van der Waals surface area contributed by atoms with Crippen LogP contribution in [0.25, 0.3) is 0 Å². The van der Waals surface area contributed by atoms with Gasteiger partial charge in [0.1, 0.15) is 0 Å². The molecule has 1 aliphatic heterocycles. The smallest absolute Gasteiger partial charge is 0.251 e. The Morgan fingerprint density at radius 2 is 1.85 bits per heavy atom. The minimum Gasteiger partial charge on any atom is -0.355 e. The molecule has 0 saturated heterocycles. The van der Waals surface area contributed by atoms with Crippen molar-refractivity contribution < 1.29 is 9.59 Å². The van der Waals surface area contributed by atoms with Crippen LogP contribution in [0.3, 0.4) is 0 Å². The predicted molar refractivity (Wildman–Crippen MR) is 103 cm³/mol. The van der Waals surface area contributed by atoms with Gasteiger partial charge in [0.15, 0.2) is 0 Å². The lowest BCUT2D eigenvalue weighted by Gasteiger charge is -2.25. The van der Waals surface area contributed by atoms with Crippen LogP contribution in [0.1, 0.15) is 34.3 Å². The van der Waals surface area contributed by atoms with Crippen LogP contribution in [0.4, 0.5) is 0 Å². The summed E-state index contributed by atoms with van der Waals surface area (Å²) in [5, 5.41) is 2.61. The molecule has 0 unspecified atom stereocenters. The van der Waals surface area contributed by atoms with Gasteiger partial charge >= 0.3 is 0 Å². The average molecular weight is 366 g/mol. The number of carbonyl (C=O) groups excluding carboxylic acids is 2. The van der Waals surface area contributed by atoms with Gasteiger partial charge in [0.25, 0.3) is 5.91 Å². The van der Waals surface area contributed by atoms with Crippen LogP contribution in [0.5, 0.6) is 0 Å².